The number of anilines is 2. The standard InChI is InChI=1S/C11H8IN3O2/c12-8-1-3-9(4-2-8)14-11-6-5-10(7-13-11)15(16)17/h1-7H,(H,13,14). The number of aromatic nitrogens is 1. The summed E-state index contributed by atoms with van der Waals surface area (Å²) in [4.78, 5) is 13.9. The van der Waals surface area contributed by atoms with E-state index in [4.69, 9.17) is 0 Å². The summed E-state index contributed by atoms with van der Waals surface area (Å²) >= 11 is 2.22. The van der Waals surface area contributed by atoms with Crippen molar-refractivity contribution >= 4 is 39.8 Å². The van der Waals surface area contributed by atoms with E-state index < -0.39 is 4.92 Å². The normalized spacial score (nSPS) is 9.94. The summed E-state index contributed by atoms with van der Waals surface area (Å²) < 4.78 is 1.14. The fourth-order valence-corrected chi connectivity index (χ4v) is 1.61. The third kappa shape index (κ3) is 3.13. The number of nitrogens with one attached hydrogen (secondary N) is 1. The van der Waals surface area contributed by atoms with Crippen LogP contribution >= 0.6 is 22.6 Å². The van der Waals surface area contributed by atoms with Gasteiger partial charge in [0, 0.05) is 15.3 Å². The number of nitrogens with zero attached hydrogens (tertiary/aromatic N) is 2. The van der Waals surface area contributed by atoms with Gasteiger partial charge in [-0.1, -0.05) is 0 Å². The van der Waals surface area contributed by atoms with Gasteiger partial charge < -0.3 is 5.32 Å². The van der Waals surface area contributed by atoms with Gasteiger partial charge in [-0.25, -0.2) is 4.98 Å². The smallest absolute Gasteiger partial charge is 0.287 e. The Labute approximate surface area is 111 Å². The molecule has 0 saturated heterocycles. The number of halogens is 1. The van der Waals surface area contributed by atoms with Crippen molar-refractivity contribution in [1.29, 1.82) is 0 Å². The molecule has 1 aromatic heterocycles. The average Bonchev–Trinajstić information content (AvgIpc) is 2.33. The summed E-state index contributed by atoms with van der Waals surface area (Å²) in [5.41, 5.74) is 0.880. The number of hydrogen-bond acceptors (Lipinski definition) is 4. The van der Waals surface area contributed by atoms with Crippen LogP contribution in [0.15, 0.2) is 42.6 Å². The lowest BCUT2D eigenvalue weighted by Gasteiger charge is -2.04. The fraction of sp³-hybridized carbons (Fsp3) is 0. The molecule has 2 aromatic rings. The summed E-state index contributed by atoms with van der Waals surface area (Å²) in [5, 5.41) is 13.5. The monoisotopic (exact) mass is 341 g/mol. The van der Waals surface area contributed by atoms with Crippen LogP contribution in [0.2, 0.25) is 0 Å². The van der Waals surface area contributed by atoms with E-state index in [2.05, 4.69) is 32.9 Å². The van der Waals surface area contributed by atoms with Crippen molar-refractivity contribution in [3.8, 4) is 0 Å². The van der Waals surface area contributed by atoms with Crippen molar-refractivity contribution in [1.82, 2.24) is 4.98 Å². The molecule has 0 aliphatic rings. The Morgan fingerprint density at radius 3 is 2.41 bits per heavy atom. The molecule has 1 N–H and O–H groups in total. The van der Waals surface area contributed by atoms with Crippen molar-refractivity contribution in [3.05, 3.63) is 56.3 Å². The lowest BCUT2D eigenvalue weighted by atomic mass is 10.3. The molecule has 0 fully saturated rings. The number of hydrogen-bond donors (Lipinski definition) is 1. The maximum absolute atomic E-state index is 10.5. The summed E-state index contributed by atoms with van der Waals surface area (Å²) in [6.45, 7) is 0. The molecular formula is C11H8IN3O2. The molecule has 0 aliphatic heterocycles. The van der Waals surface area contributed by atoms with E-state index in [1.807, 2.05) is 24.3 Å². The van der Waals surface area contributed by atoms with Crippen LogP contribution in [-0.2, 0) is 0 Å². The highest BCUT2D eigenvalue weighted by Crippen LogP contribution is 2.18. The van der Waals surface area contributed by atoms with E-state index in [0.29, 0.717) is 5.82 Å². The minimum atomic E-state index is -0.471. The van der Waals surface area contributed by atoms with Gasteiger partial charge in [-0.15, -0.1) is 0 Å². The van der Waals surface area contributed by atoms with Gasteiger partial charge in [0.1, 0.15) is 12.0 Å². The molecule has 0 aliphatic carbocycles. The van der Waals surface area contributed by atoms with Crippen LogP contribution in [0.1, 0.15) is 0 Å². The molecule has 0 radical (unpaired) electrons. The Balaban J connectivity index is 2.13. The van der Waals surface area contributed by atoms with Crippen molar-refractivity contribution in [2.24, 2.45) is 0 Å². The molecule has 1 heterocycles. The van der Waals surface area contributed by atoms with Crippen LogP contribution in [-0.4, -0.2) is 9.91 Å². The molecule has 0 spiro atoms. The summed E-state index contributed by atoms with van der Waals surface area (Å²) in [6, 6.07) is 10.8. The lowest BCUT2D eigenvalue weighted by Crippen LogP contribution is -1.94. The largest absolute Gasteiger partial charge is 0.340 e. The number of rotatable bonds is 3. The molecule has 0 bridgehead atoms. The van der Waals surface area contributed by atoms with Gasteiger partial charge in [0.15, 0.2) is 0 Å². The second-order valence-electron chi connectivity index (χ2n) is 3.29. The Morgan fingerprint density at radius 1 is 1.18 bits per heavy atom. The molecule has 1 aromatic carbocycles. The minimum absolute atomic E-state index is 0.0156. The number of benzene rings is 1. The summed E-state index contributed by atoms with van der Waals surface area (Å²) in [6.07, 6.45) is 1.23. The van der Waals surface area contributed by atoms with Gasteiger partial charge in [-0.3, -0.25) is 10.1 Å². The second-order valence-corrected chi connectivity index (χ2v) is 4.54. The van der Waals surface area contributed by atoms with Crippen LogP contribution in [0.3, 0.4) is 0 Å². The van der Waals surface area contributed by atoms with Crippen molar-refractivity contribution in [2.45, 2.75) is 0 Å². The van der Waals surface area contributed by atoms with Crippen molar-refractivity contribution < 1.29 is 4.92 Å². The zero-order valence-corrected chi connectivity index (χ0v) is 10.8. The van der Waals surface area contributed by atoms with E-state index in [9.17, 15) is 10.1 Å². The predicted molar refractivity (Wildman–Crippen MR) is 73.3 cm³/mol. The Bertz CT molecular complexity index is 525. The van der Waals surface area contributed by atoms with Crippen LogP contribution in [0, 0.1) is 13.7 Å². The third-order valence-corrected chi connectivity index (χ3v) is 2.79. The highest BCUT2D eigenvalue weighted by Gasteiger charge is 2.04. The first kappa shape index (κ1) is 11.8. The first-order valence-corrected chi connectivity index (χ1v) is 5.86. The van der Waals surface area contributed by atoms with Gasteiger partial charge in [0.25, 0.3) is 5.69 Å². The van der Waals surface area contributed by atoms with Crippen molar-refractivity contribution in [2.75, 3.05) is 5.32 Å². The lowest BCUT2D eigenvalue weighted by molar-refractivity contribution is -0.385. The number of nitro groups is 1. The van der Waals surface area contributed by atoms with Gasteiger partial charge in [0.05, 0.1) is 4.92 Å². The third-order valence-electron chi connectivity index (χ3n) is 2.08. The summed E-state index contributed by atoms with van der Waals surface area (Å²) in [7, 11) is 0. The first-order chi connectivity index (χ1) is 8.15. The molecule has 2 rings (SSSR count). The van der Waals surface area contributed by atoms with Gasteiger partial charge in [-0.2, -0.15) is 0 Å². The Kier molecular flexibility index (Phi) is 3.52. The molecular weight excluding hydrogens is 333 g/mol. The predicted octanol–water partition coefficient (Wildman–Crippen LogP) is 3.34. The zero-order valence-electron chi connectivity index (χ0n) is 8.63. The second kappa shape index (κ2) is 5.09. The quantitative estimate of drug-likeness (QED) is 0.528. The van der Waals surface area contributed by atoms with Crippen LogP contribution in [0.4, 0.5) is 17.2 Å². The van der Waals surface area contributed by atoms with E-state index in [1.54, 1.807) is 6.07 Å². The van der Waals surface area contributed by atoms with Crippen LogP contribution in [0.5, 0.6) is 0 Å². The molecule has 0 unspecified atom stereocenters. The first-order valence-electron chi connectivity index (χ1n) is 4.78. The molecule has 6 heteroatoms. The topological polar surface area (TPSA) is 68.1 Å². The average molecular weight is 341 g/mol. The fourth-order valence-electron chi connectivity index (χ4n) is 1.25. The maximum atomic E-state index is 10.5. The highest BCUT2D eigenvalue weighted by molar-refractivity contribution is 14.1. The summed E-state index contributed by atoms with van der Waals surface area (Å²) in [5.74, 6) is 0.580. The SMILES string of the molecule is O=[N+]([O-])c1ccc(Nc2ccc(I)cc2)nc1. The zero-order chi connectivity index (χ0) is 12.3. The van der Waals surface area contributed by atoms with Gasteiger partial charge >= 0.3 is 0 Å². The van der Waals surface area contributed by atoms with E-state index >= 15 is 0 Å². The molecule has 0 saturated carbocycles. The van der Waals surface area contributed by atoms with E-state index in [0.717, 1.165) is 9.26 Å². The van der Waals surface area contributed by atoms with E-state index in [1.165, 1.54) is 12.3 Å². The minimum Gasteiger partial charge on any atom is -0.340 e. The molecule has 5 nitrogen and oxygen atoms in total. The maximum Gasteiger partial charge on any atom is 0.287 e. The van der Waals surface area contributed by atoms with Gasteiger partial charge in [-0.05, 0) is 52.9 Å². The number of pyridine rings is 1. The molecule has 0 atom stereocenters. The van der Waals surface area contributed by atoms with Crippen LogP contribution in [0.25, 0.3) is 0 Å². The Hall–Kier alpha value is -1.70. The van der Waals surface area contributed by atoms with Gasteiger partial charge in [0.2, 0.25) is 0 Å². The highest BCUT2D eigenvalue weighted by atomic mass is 127. The Morgan fingerprint density at radius 2 is 1.88 bits per heavy atom. The molecule has 86 valence electrons. The van der Waals surface area contributed by atoms with Crippen LogP contribution < -0.4 is 5.32 Å². The van der Waals surface area contributed by atoms with Crippen molar-refractivity contribution in [3.63, 3.8) is 0 Å². The van der Waals surface area contributed by atoms with E-state index in [-0.39, 0.29) is 5.69 Å². The molecule has 0 amide bonds. The molecule has 17 heavy (non-hydrogen) atoms.